The molecule has 1 saturated heterocycles. The molecule has 0 aliphatic carbocycles. The third kappa shape index (κ3) is 5.01. The zero-order chi connectivity index (χ0) is 16.8. The maximum absolute atomic E-state index is 12.3. The molecule has 1 fully saturated rings. The molecule has 1 amide bonds. The van der Waals surface area contributed by atoms with Crippen LogP contribution in [0.2, 0.25) is 10.0 Å². The van der Waals surface area contributed by atoms with Crippen LogP contribution in [0.15, 0.2) is 18.2 Å². The van der Waals surface area contributed by atoms with Gasteiger partial charge in [0.1, 0.15) is 5.75 Å². The van der Waals surface area contributed by atoms with Crippen LogP contribution in [0.5, 0.6) is 5.75 Å². The lowest BCUT2D eigenvalue weighted by Crippen LogP contribution is -2.44. The van der Waals surface area contributed by atoms with Crippen LogP contribution < -0.4 is 4.74 Å². The van der Waals surface area contributed by atoms with Gasteiger partial charge in [-0.2, -0.15) is 0 Å². The fraction of sp³-hybridized carbons (Fsp3) is 0.500. The van der Waals surface area contributed by atoms with Gasteiger partial charge in [-0.05, 0) is 38.0 Å². The van der Waals surface area contributed by atoms with Crippen molar-refractivity contribution in [1.82, 2.24) is 4.90 Å². The molecule has 0 saturated carbocycles. The summed E-state index contributed by atoms with van der Waals surface area (Å²) in [7, 11) is 0. The number of nitrogens with zero attached hydrogens (tertiary/aromatic N) is 1. The second kappa shape index (κ2) is 8.41. The number of hydrogen-bond donors (Lipinski definition) is 0. The minimum atomic E-state index is -0.258. The third-order valence-electron chi connectivity index (χ3n) is 3.64. The molecule has 5 nitrogen and oxygen atoms in total. The van der Waals surface area contributed by atoms with E-state index in [1.807, 2.05) is 0 Å². The summed E-state index contributed by atoms with van der Waals surface area (Å²) in [6, 6.07) is 4.82. The van der Waals surface area contributed by atoms with Crippen molar-refractivity contribution in [3.63, 3.8) is 0 Å². The summed E-state index contributed by atoms with van der Waals surface area (Å²) in [5.41, 5.74) is 0. The summed E-state index contributed by atoms with van der Waals surface area (Å²) in [5, 5.41) is 0.857. The van der Waals surface area contributed by atoms with Gasteiger partial charge >= 0.3 is 5.97 Å². The summed E-state index contributed by atoms with van der Waals surface area (Å²) in [4.78, 5) is 25.7. The molecule has 23 heavy (non-hydrogen) atoms. The van der Waals surface area contributed by atoms with Gasteiger partial charge in [0.2, 0.25) is 0 Å². The molecule has 1 aliphatic rings. The van der Waals surface area contributed by atoms with E-state index in [1.54, 1.807) is 30.0 Å². The number of hydrogen-bond acceptors (Lipinski definition) is 4. The Kier molecular flexibility index (Phi) is 6.54. The Morgan fingerprint density at radius 3 is 2.83 bits per heavy atom. The van der Waals surface area contributed by atoms with E-state index in [1.165, 1.54) is 0 Å². The van der Waals surface area contributed by atoms with Crippen molar-refractivity contribution in [3.8, 4) is 5.75 Å². The summed E-state index contributed by atoms with van der Waals surface area (Å²) >= 11 is 11.8. The lowest BCUT2D eigenvalue weighted by Gasteiger charge is -2.31. The van der Waals surface area contributed by atoms with Crippen molar-refractivity contribution in [2.75, 3.05) is 26.3 Å². The van der Waals surface area contributed by atoms with Gasteiger partial charge in [0.05, 0.1) is 17.5 Å². The summed E-state index contributed by atoms with van der Waals surface area (Å²) in [5.74, 6) is -0.271. The molecule has 0 spiro atoms. The van der Waals surface area contributed by atoms with E-state index < -0.39 is 0 Å². The van der Waals surface area contributed by atoms with E-state index in [0.717, 1.165) is 12.8 Å². The zero-order valence-corrected chi connectivity index (χ0v) is 14.4. The third-order valence-corrected chi connectivity index (χ3v) is 4.17. The highest BCUT2D eigenvalue weighted by Gasteiger charge is 2.29. The Hall–Kier alpha value is -1.46. The topological polar surface area (TPSA) is 55.8 Å². The van der Waals surface area contributed by atoms with Gasteiger partial charge in [-0.25, -0.2) is 0 Å². The van der Waals surface area contributed by atoms with Crippen LogP contribution in [0.25, 0.3) is 0 Å². The van der Waals surface area contributed by atoms with E-state index in [9.17, 15) is 9.59 Å². The molecule has 1 aromatic carbocycles. The highest BCUT2D eigenvalue weighted by molar-refractivity contribution is 6.35. The second-order valence-electron chi connectivity index (χ2n) is 5.29. The first-order chi connectivity index (χ1) is 11.0. The molecule has 0 N–H and O–H groups in total. The van der Waals surface area contributed by atoms with Gasteiger partial charge in [0.15, 0.2) is 6.61 Å². The minimum absolute atomic E-state index is 0.128. The average molecular weight is 360 g/mol. The van der Waals surface area contributed by atoms with Crippen LogP contribution in [0, 0.1) is 5.92 Å². The van der Waals surface area contributed by atoms with E-state index in [0.29, 0.717) is 35.5 Å². The Morgan fingerprint density at radius 1 is 1.35 bits per heavy atom. The molecule has 1 heterocycles. The zero-order valence-electron chi connectivity index (χ0n) is 12.9. The number of rotatable bonds is 5. The average Bonchev–Trinajstić information content (AvgIpc) is 2.54. The molecular formula is C16H19Cl2NO4. The van der Waals surface area contributed by atoms with Crippen LogP contribution in [0.1, 0.15) is 19.8 Å². The molecule has 7 heteroatoms. The molecular weight excluding hydrogens is 341 g/mol. The fourth-order valence-corrected chi connectivity index (χ4v) is 2.94. The number of amides is 1. The Morgan fingerprint density at radius 2 is 2.13 bits per heavy atom. The van der Waals surface area contributed by atoms with E-state index in [2.05, 4.69) is 0 Å². The van der Waals surface area contributed by atoms with Crippen LogP contribution >= 0.6 is 23.2 Å². The quantitative estimate of drug-likeness (QED) is 0.757. The Balaban J connectivity index is 1.88. The molecule has 0 aromatic heterocycles. The highest BCUT2D eigenvalue weighted by atomic mass is 35.5. The van der Waals surface area contributed by atoms with Gasteiger partial charge in [-0.15, -0.1) is 0 Å². The first-order valence-electron chi connectivity index (χ1n) is 7.53. The van der Waals surface area contributed by atoms with Gasteiger partial charge < -0.3 is 14.4 Å². The molecule has 1 atom stereocenters. The van der Waals surface area contributed by atoms with Crippen molar-refractivity contribution in [2.24, 2.45) is 5.92 Å². The summed E-state index contributed by atoms with van der Waals surface area (Å²) in [6.07, 6.45) is 1.52. The molecule has 1 unspecified atom stereocenters. The predicted octanol–water partition coefficient (Wildman–Crippen LogP) is 3.17. The van der Waals surface area contributed by atoms with Crippen molar-refractivity contribution < 1.29 is 19.1 Å². The number of esters is 1. The maximum Gasteiger partial charge on any atom is 0.310 e. The van der Waals surface area contributed by atoms with Crippen LogP contribution in [-0.4, -0.2) is 43.1 Å². The van der Waals surface area contributed by atoms with Crippen molar-refractivity contribution in [2.45, 2.75) is 19.8 Å². The molecule has 1 aliphatic heterocycles. The summed E-state index contributed by atoms with van der Waals surface area (Å²) in [6.45, 7) is 2.98. The second-order valence-corrected chi connectivity index (χ2v) is 6.14. The number of carbonyl (C=O) groups is 2. The predicted molar refractivity (Wildman–Crippen MR) is 87.9 cm³/mol. The molecule has 126 valence electrons. The van der Waals surface area contributed by atoms with Crippen molar-refractivity contribution in [1.29, 1.82) is 0 Å². The Labute approximate surface area is 145 Å². The van der Waals surface area contributed by atoms with Gasteiger partial charge in [-0.3, -0.25) is 9.59 Å². The van der Waals surface area contributed by atoms with Gasteiger partial charge in [0, 0.05) is 18.1 Å². The smallest absolute Gasteiger partial charge is 0.310 e. The van der Waals surface area contributed by atoms with Crippen LogP contribution in [-0.2, 0) is 14.3 Å². The number of halogens is 2. The van der Waals surface area contributed by atoms with Crippen LogP contribution in [0.4, 0.5) is 0 Å². The maximum atomic E-state index is 12.3. The van der Waals surface area contributed by atoms with E-state index in [4.69, 9.17) is 32.7 Å². The number of ether oxygens (including phenoxy) is 2. The van der Waals surface area contributed by atoms with Crippen LogP contribution in [0.3, 0.4) is 0 Å². The molecule has 2 rings (SSSR count). The Bertz CT molecular complexity index is 579. The number of piperidine rings is 1. The molecule has 0 radical (unpaired) electrons. The van der Waals surface area contributed by atoms with E-state index in [-0.39, 0.29) is 24.4 Å². The number of carbonyl (C=O) groups excluding carboxylic acids is 2. The highest BCUT2D eigenvalue weighted by Crippen LogP contribution is 2.27. The van der Waals surface area contributed by atoms with Gasteiger partial charge in [-0.1, -0.05) is 23.2 Å². The largest absolute Gasteiger partial charge is 0.482 e. The normalized spacial score (nSPS) is 17.7. The van der Waals surface area contributed by atoms with Crippen molar-refractivity contribution >= 4 is 35.1 Å². The first-order valence-corrected chi connectivity index (χ1v) is 8.29. The van der Waals surface area contributed by atoms with E-state index >= 15 is 0 Å². The monoisotopic (exact) mass is 359 g/mol. The molecule has 0 bridgehead atoms. The first kappa shape index (κ1) is 17.9. The van der Waals surface area contributed by atoms with Crippen molar-refractivity contribution in [3.05, 3.63) is 28.2 Å². The number of benzene rings is 1. The summed E-state index contributed by atoms with van der Waals surface area (Å²) < 4.78 is 10.5. The fourth-order valence-electron chi connectivity index (χ4n) is 2.48. The standard InChI is InChI=1S/C16H19Cl2NO4/c1-2-22-16(21)11-4-3-7-19(9-11)15(20)10-23-14-6-5-12(17)8-13(14)18/h5-6,8,11H,2-4,7,9-10H2,1H3. The van der Waals surface area contributed by atoms with Gasteiger partial charge in [0.25, 0.3) is 5.91 Å². The minimum Gasteiger partial charge on any atom is -0.482 e. The lowest BCUT2D eigenvalue weighted by molar-refractivity contribution is -0.151. The molecule has 1 aromatic rings. The lowest BCUT2D eigenvalue weighted by atomic mass is 9.98. The SMILES string of the molecule is CCOC(=O)C1CCCN(C(=O)COc2ccc(Cl)cc2Cl)C1. The number of likely N-dealkylation sites (tertiary alicyclic amines) is 1.